The van der Waals surface area contributed by atoms with Gasteiger partial charge in [0.25, 0.3) is 0 Å². The second-order valence-electron chi connectivity index (χ2n) is 3.26. The number of aryl methyl sites for hydroxylation is 2. The zero-order chi connectivity index (χ0) is 10.6. The first-order valence-electron chi connectivity index (χ1n) is 4.60. The highest BCUT2D eigenvalue weighted by atomic mass is 35.5. The molecule has 0 aliphatic heterocycles. The van der Waals surface area contributed by atoms with Gasteiger partial charge in [-0.3, -0.25) is 0 Å². The summed E-state index contributed by atoms with van der Waals surface area (Å²) in [6.07, 6.45) is 0.864. The highest BCUT2D eigenvalue weighted by Gasteiger charge is 2.04. The van der Waals surface area contributed by atoms with Crippen molar-refractivity contribution in [2.75, 3.05) is 12.5 Å². The molecule has 0 heterocycles. The Balaban J connectivity index is 2.75. The molecule has 0 saturated heterocycles. The average molecular weight is 233 g/mol. The van der Waals surface area contributed by atoms with E-state index in [1.165, 1.54) is 0 Å². The SMILES string of the molecule is Cc1cc(Cl)cc(C)c1OCCCCl. The van der Waals surface area contributed by atoms with E-state index in [1.807, 2.05) is 26.0 Å². The first kappa shape index (κ1) is 11.7. The highest BCUT2D eigenvalue weighted by molar-refractivity contribution is 6.30. The maximum absolute atomic E-state index is 5.91. The molecule has 0 radical (unpaired) electrons. The monoisotopic (exact) mass is 232 g/mol. The Labute approximate surface area is 95.0 Å². The molecular formula is C11H14Cl2O. The number of hydrogen-bond acceptors (Lipinski definition) is 1. The highest BCUT2D eigenvalue weighted by Crippen LogP contribution is 2.27. The Bertz CT molecular complexity index is 287. The van der Waals surface area contributed by atoms with Crippen LogP contribution in [0.1, 0.15) is 17.5 Å². The zero-order valence-corrected chi connectivity index (χ0v) is 9.95. The van der Waals surface area contributed by atoms with Gasteiger partial charge in [0.15, 0.2) is 0 Å². The lowest BCUT2D eigenvalue weighted by molar-refractivity contribution is 0.314. The van der Waals surface area contributed by atoms with Gasteiger partial charge in [0, 0.05) is 10.9 Å². The molecule has 14 heavy (non-hydrogen) atoms. The smallest absolute Gasteiger partial charge is 0.125 e. The second kappa shape index (κ2) is 5.47. The van der Waals surface area contributed by atoms with Crippen molar-refractivity contribution in [2.24, 2.45) is 0 Å². The van der Waals surface area contributed by atoms with Gasteiger partial charge in [-0.1, -0.05) is 11.6 Å². The zero-order valence-electron chi connectivity index (χ0n) is 8.44. The fourth-order valence-electron chi connectivity index (χ4n) is 1.35. The van der Waals surface area contributed by atoms with Crippen molar-refractivity contribution in [1.29, 1.82) is 0 Å². The van der Waals surface area contributed by atoms with E-state index in [-0.39, 0.29) is 0 Å². The lowest BCUT2D eigenvalue weighted by Gasteiger charge is -2.11. The van der Waals surface area contributed by atoms with Crippen molar-refractivity contribution in [3.63, 3.8) is 0 Å². The number of hydrogen-bond donors (Lipinski definition) is 0. The lowest BCUT2D eigenvalue weighted by atomic mass is 10.1. The Kier molecular flexibility index (Phi) is 4.56. The molecule has 1 rings (SSSR count). The summed E-state index contributed by atoms with van der Waals surface area (Å²) in [4.78, 5) is 0. The number of rotatable bonds is 4. The first-order chi connectivity index (χ1) is 6.65. The minimum absolute atomic E-state index is 0.631. The van der Waals surface area contributed by atoms with E-state index in [2.05, 4.69) is 0 Å². The molecule has 0 fully saturated rings. The topological polar surface area (TPSA) is 9.23 Å². The summed E-state index contributed by atoms with van der Waals surface area (Å²) in [5.74, 6) is 1.56. The van der Waals surface area contributed by atoms with Crippen molar-refractivity contribution in [2.45, 2.75) is 20.3 Å². The Morgan fingerprint density at radius 3 is 2.29 bits per heavy atom. The van der Waals surface area contributed by atoms with Crippen LogP contribution < -0.4 is 4.74 Å². The molecule has 1 nitrogen and oxygen atoms in total. The van der Waals surface area contributed by atoms with E-state index in [0.717, 1.165) is 28.3 Å². The number of ether oxygens (including phenoxy) is 1. The van der Waals surface area contributed by atoms with Gasteiger partial charge in [-0.25, -0.2) is 0 Å². The number of alkyl halides is 1. The van der Waals surface area contributed by atoms with E-state index in [1.54, 1.807) is 0 Å². The van der Waals surface area contributed by atoms with Crippen molar-refractivity contribution < 1.29 is 4.74 Å². The van der Waals surface area contributed by atoms with Gasteiger partial charge in [-0.05, 0) is 43.5 Å². The normalized spacial score (nSPS) is 10.3. The van der Waals surface area contributed by atoms with Gasteiger partial charge in [0.05, 0.1) is 6.61 Å². The summed E-state index contributed by atoms with van der Waals surface area (Å²) in [7, 11) is 0. The van der Waals surface area contributed by atoms with E-state index in [0.29, 0.717) is 12.5 Å². The Morgan fingerprint density at radius 1 is 1.21 bits per heavy atom. The summed E-state index contributed by atoms with van der Waals surface area (Å²) in [6.45, 7) is 4.65. The summed E-state index contributed by atoms with van der Waals surface area (Å²) < 4.78 is 5.62. The van der Waals surface area contributed by atoms with Gasteiger partial charge in [-0.15, -0.1) is 11.6 Å². The van der Waals surface area contributed by atoms with Crippen LogP contribution in [0.3, 0.4) is 0 Å². The molecule has 3 heteroatoms. The van der Waals surface area contributed by atoms with Crippen LogP contribution in [-0.2, 0) is 0 Å². The molecule has 0 atom stereocenters. The van der Waals surface area contributed by atoms with E-state index in [9.17, 15) is 0 Å². The van der Waals surface area contributed by atoms with Crippen LogP contribution in [0.4, 0.5) is 0 Å². The fraction of sp³-hybridized carbons (Fsp3) is 0.455. The molecule has 1 aromatic rings. The molecule has 0 N–H and O–H groups in total. The predicted molar refractivity (Wildman–Crippen MR) is 61.8 cm³/mol. The maximum Gasteiger partial charge on any atom is 0.125 e. The quantitative estimate of drug-likeness (QED) is 0.564. The molecule has 0 amide bonds. The molecule has 0 aliphatic carbocycles. The number of benzene rings is 1. The molecule has 0 aromatic heterocycles. The molecule has 78 valence electrons. The average Bonchev–Trinajstić information content (AvgIpc) is 2.09. The van der Waals surface area contributed by atoms with Crippen LogP contribution in [0.5, 0.6) is 5.75 Å². The Hall–Kier alpha value is -0.400. The predicted octanol–water partition coefficient (Wildman–Crippen LogP) is 3.96. The molecule has 0 saturated carbocycles. The van der Waals surface area contributed by atoms with Gasteiger partial charge >= 0.3 is 0 Å². The van der Waals surface area contributed by atoms with Crippen LogP contribution in [-0.4, -0.2) is 12.5 Å². The largest absolute Gasteiger partial charge is 0.493 e. The first-order valence-corrected chi connectivity index (χ1v) is 5.52. The van der Waals surface area contributed by atoms with Crippen molar-refractivity contribution >= 4 is 23.2 Å². The maximum atomic E-state index is 5.91. The van der Waals surface area contributed by atoms with Crippen molar-refractivity contribution in [3.05, 3.63) is 28.3 Å². The third-order valence-corrected chi connectivity index (χ3v) is 2.43. The van der Waals surface area contributed by atoms with Gasteiger partial charge in [0.2, 0.25) is 0 Å². The molecule has 0 spiro atoms. The summed E-state index contributed by atoms with van der Waals surface area (Å²) in [6, 6.07) is 3.81. The molecule has 0 bridgehead atoms. The second-order valence-corrected chi connectivity index (χ2v) is 4.07. The lowest BCUT2D eigenvalue weighted by Crippen LogP contribution is -2.01. The van der Waals surface area contributed by atoms with Crippen LogP contribution in [0, 0.1) is 13.8 Å². The van der Waals surface area contributed by atoms with Crippen LogP contribution in [0.25, 0.3) is 0 Å². The van der Waals surface area contributed by atoms with E-state index in [4.69, 9.17) is 27.9 Å². The molecule has 0 unspecified atom stereocenters. The van der Waals surface area contributed by atoms with E-state index >= 15 is 0 Å². The van der Waals surface area contributed by atoms with Crippen LogP contribution in [0.15, 0.2) is 12.1 Å². The summed E-state index contributed by atoms with van der Waals surface area (Å²) >= 11 is 11.5. The summed E-state index contributed by atoms with van der Waals surface area (Å²) in [5, 5.41) is 0.754. The standard InChI is InChI=1S/C11H14Cl2O/c1-8-6-10(13)7-9(2)11(8)14-5-3-4-12/h6-7H,3-5H2,1-2H3. The third-order valence-electron chi connectivity index (χ3n) is 1.95. The number of halogens is 2. The Morgan fingerprint density at radius 2 is 1.79 bits per heavy atom. The molecule has 0 aliphatic rings. The molecular weight excluding hydrogens is 219 g/mol. The third kappa shape index (κ3) is 3.07. The summed E-state index contributed by atoms with van der Waals surface area (Å²) in [5.41, 5.74) is 2.15. The van der Waals surface area contributed by atoms with Gasteiger partial charge in [-0.2, -0.15) is 0 Å². The minimum Gasteiger partial charge on any atom is -0.493 e. The van der Waals surface area contributed by atoms with Crippen LogP contribution in [0.2, 0.25) is 5.02 Å². The van der Waals surface area contributed by atoms with Crippen molar-refractivity contribution in [1.82, 2.24) is 0 Å². The molecule has 1 aromatic carbocycles. The van der Waals surface area contributed by atoms with Gasteiger partial charge < -0.3 is 4.74 Å². The fourth-order valence-corrected chi connectivity index (χ4v) is 1.79. The van der Waals surface area contributed by atoms with Crippen LogP contribution >= 0.6 is 23.2 Å². The van der Waals surface area contributed by atoms with Gasteiger partial charge in [0.1, 0.15) is 5.75 Å². The van der Waals surface area contributed by atoms with Crippen molar-refractivity contribution in [3.8, 4) is 5.75 Å². The minimum atomic E-state index is 0.631. The van der Waals surface area contributed by atoms with E-state index < -0.39 is 0 Å².